The maximum absolute atomic E-state index is 7.66. The summed E-state index contributed by atoms with van der Waals surface area (Å²) in [6.45, 7) is 39.5. The number of aryl methyl sites for hydroxylation is 6. The van der Waals surface area contributed by atoms with Crippen molar-refractivity contribution in [3.8, 4) is 17.1 Å². The van der Waals surface area contributed by atoms with Crippen LogP contribution in [0.25, 0.3) is 21.9 Å². The maximum atomic E-state index is 7.66. The lowest BCUT2D eigenvalue weighted by Gasteiger charge is -2.41. The molecule has 0 radical (unpaired) electrons. The van der Waals surface area contributed by atoms with Gasteiger partial charge in [0.1, 0.15) is 0 Å². The first-order valence-corrected chi connectivity index (χ1v) is 33.2. The van der Waals surface area contributed by atoms with Gasteiger partial charge in [-0.15, -0.1) is 0 Å². The minimum Gasteiger partial charge on any atom is -0.338 e. The topological polar surface area (TPSA) is 25.7 Å². The average molecular weight is 1180 g/mol. The van der Waals surface area contributed by atoms with E-state index in [0.29, 0.717) is 29.2 Å². The first-order chi connectivity index (χ1) is 42.8. The van der Waals surface area contributed by atoms with E-state index in [4.69, 9.17) is 6.57 Å². The van der Waals surface area contributed by atoms with Crippen LogP contribution < -0.4 is 28.4 Å². The molecule has 6 aromatic carbocycles. The average Bonchev–Trinajstić information content (AvgIpc) is 1.60. The fourth-order valence-corrected chi connectivity index (χ4v) is 17.1. The molecule has 9 aromatic rings. The van der Waals surface area contributed by atoms with Crippen LogP contribution in [0.2, 0.25) is 0 Å². The van der Waals surface area contributed by atoms with Gasteiger partial charge in [0, 0.05) is 149 Å². The van der Waals surface area contributed by atoms with Crippen LogP contribution in [0.1, 0.15) is 166 Å². The molecule has 0 saturated heterocycles. The normalized spacial score (nSPS) is 19.0. The summed E-state index contributed by atoms with van der Waals surface area (Å²) in [7, 11) is 0. The third-order valence-electron chi connectivity index (χ3n) is 22.1. The number of rotatable bonds is 6. The number of aromatic nitrogens is 3. The molecule has 454 valence electrons. The molecule has 7 heteroatoms. The summed E-state index contributed by atoms with van der Waals surface area (Å²) in [6, 6.07) is 58.5. The van der Waals surface area contributed by atoms with E-state index in [-0.39, 0.29) is 10.8 Å². The molecular formula is C82H94N7+3. The minimum absolute atomic E-state index is 0.0348. The van der Waals surface area contributed by atoms with E-state index in [1.807, 2.05) is 24.3 Å². The number of nitrogens with zero attached hydrogens (tertiary/aromatic N) is 7. The van der Waals surface area contributed by atoms with Crippen molar-refractivity contribution in [2.45, 2.75) is 196 Å². The molecule has 3 aliphatic heterocycles. The first-order valence-electron chi connectivity index (χ1n) is 33.2. The lowest BCUT2D eigenvalue weighted by atomic mass is 9.67. The van der Waals surface area contributed by atoms with E-state index >= 15 is 0 Å². The highest BCUT2D eigenvalue weighted by atomic mass is 15.2. The molecule has 5 aliphatic rings. The quantitative estimate of drug-likeness (QED) is 0.123. The summed E-state index contributed by atoms with van der Waals surface area (Å²) in [4.78, 5) is 11.6. The van der Waals surface area contributed by atoms with Gasteiger partial charge in [0.05, 0.1) is 17.9 Å². The van der Waals surface area contributed by atoms with Crippen molar-refractivity contribution >= 4 is 39.8 Å². The van der Waals surface area contributed by atoms with Gasteiger partial charge in [-0.25, -0.2) is 4.85 Å². The maximum Gasteiger partial charge on any atom is 0.218 e. The highest BCUT2D eigenvalue weighted by molar-refractivity contribution is 5.82. The zero-order valence-electron chi connectivity index (χ0n) is 55.7. The summed E-state index contributed by atoms with van der Waals surface area (Å²) in [5.41, 5.74) is 29.1. The Morgan fingerprint density at radius 3 is 1.33 bits per heavy atom. The number of benzene rings is 6. The SMILES string of the molecule is Cc1cc(C)c(-[n+]2ccccc2C)c(C)c1N1c2ccccc2C2(CCCCC2)[C@H]1C.Cc1cc(N2c3ccccc3C3(CCCCC3)[C@H]2C)c(C)c(-[n+]2ccccc2C)c1.[C-]#[N+]c1cc(N2c3ccccc3C(C)(C)[C@H]2C)c(C)c(-[n+]2ccccc2C)c1. The van der Waals surface area contributed by atoms with Crippen molar-refractivity contribution < 1.29 is 13.7 Å². The molecule has 6 heterocycles. The Morgan fingerprint density at radius 2 is 0.820 bits per heavy atom. The number of para-hydroxylation sites is 3. The Balaban J connectivity index is 0.000000130. The van der Waals surface area contributed by atoms with Crippen molar-refractivity contribution in [1.82, 2.24) is 0 Å². The molecule has 0 N–H and O–H groups in total. The zero-order chi connectivity index (χ0) is 62.7. The molecule has 89 heavy (non-hydrogen) atoms. The van der Waals surface area contributed by atoms with Crippen LogP contribution in [0, 0.1) is 68.9 Å². The number of anilines is 6. The van der Waals surface area contributed by atoms with Gasteiger partial charge in [-0.1, -0.05) is 125 Å². The second kappa shape index (κ2) is 24.2. The minimum atomic E-state index is 0.0348. The van der Waals surface area contributed by atoms with Crippen molar-refractivity contribution in [3.05, 3.63) is 255 Å². The molecule has 0 amide bonds. The second-order valence-corrected chi connectivity index (χ2v) is 27.5. The number of hydrogen-bond acceptors (Lipinski definition) is 3. The van der Waals surface area contributed by atoms with Gasteiger partial charge in [-0.3, -0.25) is 0 Å². The summed E-state index contributed by atoms with van der Waals surface area (Å²) in [6.07, 6.45) is 19.9. The fourth-order valence-electron chi connectivity index (χ4n) is 17.1. The summed E-state index contributed by atoms with van der Waals surface area (Å²) >= 11 is 0. The Labute approximate surface area is 532 Å². The Hall–Kier alpha value is -8.34. The molecule has 2 aliphatic carbocycles. The summed E-state index contributed by atoms with van der Waals surface area (Å²) in [5.74, 6) is 0. The molecular weight excluding hydrogens is 1080 g/mol. The van der Waals surface area contributed by atoms with E-state index < -0.39 is 0 Å². The van der Waals surface area contributed by atoms with E-state index in [0.717, 1.165) is 17.1 Å². The molecule has 14 rings (SSSR count). The highest BCUT2D eigenvalue weighted by Gasteiger charge is 2.52. The van der Waals surface area contributed by atoms with Gasteiger partial charge in [-0.05, 0) is 152 Å². The van der Waals surface area contributed by atoms with Crippen LogP contribution in [-0.2, 0) is 16.2 Å². The Bertz CT molecular complexity index is 4190. The summed E-state index contributed by atoms with van der Waals surface area (Å²) in [5, 5.41) is 0. The molecule has 0 unspecified atom stereocenters. The molecule has 0 bridgehead atoms. The third-order valence-corrected chi connectivity index (χ3v) is 22.1. The largest absolute Gasteiger partial charge is 0.338 e. The lowest BCUT2D eigenvalue weighted by molar-refractivity contribution is -0.603. The van der Waals surface area contributed by atoms with Gasteiger partial charge in [0.15, 0.2) is 41.4 Å². The van der Waals surface area contributed by atoms with Crippen molar-refractivity contribution in [2.24, 2.45) is 0 Å². The highest BCUT2D eigenvalue weighted by Crippen LogP contribution is 2.58. The van der Waals surface area contributed by atoms with Gasteiger partial charge >= 0.3 is 0 Å². The van der Waals surface area contributed by atoms with Crippen LogP contribution in [0.5, 0.6) is 0 Å². The molecule has 7 nitrogen and oxygen atoms in total. The monoisotopic (exact) mass is 1180 g/mol. The van der Waals surface area contributed by atoms with Crippen molar-refractivity contribution in [1.29, 1.82) is 0 Å². The third kappa shape index (κ3) is 10.3. The van der Waals surface area contributed by atoms with Crippen LogP contribution in [-0.4, -0.2) is 18.1 Å². The predicted molar refractivity (Wildman–Crippen MR) is 369 cm³/mol. The van der Waals surface area contributed by atoms with E-state index in [1.165, 1.54) is 154 Å². The van der Waals surface area contributed by atoms with Gasteiger partial charge in [-0.2, -0.15) is 13.7 Å². The van der Waals surface area contributed by atoms with Gasteiger partial charge in [0.2, 0.25) is 17.1 Å². The fraction of sp³-hybridized carbons (Fsp3) is 0.366. The van der Waals surface area contributed by atoms with Crippen LogP contribution in [0.4, 0.5) is 39.8 Å². The molecule has 3 aromatic heterocycles. The van der Waals surface area contributed by atoms with E-state index in [9.17, 15) is 0 Å². The Kier molecular flexibility index (Phi) is 16.6. The predicted octanol–water partition coefficient (Wildman–Crippen LogP) is 19.5. The van der Waals surface area contributed by atoms with Crippen molar-refractivity contribution in [3.63, 3.8) is 0 Å². The molecule has 3 atom stereocenters. The van der Waals surface area contributed by atoms with Crippen LogP contribution in [0.3, 0.4) is 0 Å². The molecule has 2 saturated carbocycles. The zero-order valence-corrected chi connectivity index (χ0v) is 55.7. The van der Waals surface area contributed by atoms with Gasteiger partial charge < -0.3 is 14.7 Å². The standard InChI is InChI=1S/C29H35N2.C28H33N2.C25H26N3/c1-20-19-21(2)28(23(4)27(20)30-18-12-9-13-22(30)3)31-24(5)29(16-10-6-11-17-29)25-14-7-8-15-26(25)31;1-20-18-26(29-17-11-8-12-21(29)2)22(3)27(19-20)30-23(4)28(15-9-5-10-16-28)24-13-6-7-14-25(24)30;1-17-11-9-10-14-27(17)23-15-20(26-6)16-24(18(23)2)28-19(3)25(4,5)21-12-7-8-13-22(21)28/h7-9,12-15,18-19,24H,6,10-11,16-17H2,1-5H3;6-8,11-14,17-19,23H,5,9-10,15-16H2,1-4H3;7-16,19H,1-5H3/q3*+1/t24-;23-;19-/m111/s1. The van der Waals surface area contributed by atoms with Crippen LogP contribution >= 0.6 is 0 Å². The lowest BCUT2D eigenvalue weighted by Crippen LogP contribution is -2.43. The number of pyridine rings is 3. The second-order valence-electron chi connectivity index (χ2n) is 27.5. The van der Waals surface area contributed by atoms with E-state index in [1.54, 1.807) is 11.1 Å². The molecule has 2 fully saturated rings. The van der Waals surface area contributed by atoms with Crippen LogP contribution in [0.15, 0.2) is 176 Å². The number of hydrogen-bond donors (Lipinski definition) is 0. The van der Waals surface area contributed by atoms with E-state index in [2.05, 4.69) is 282 Å². The first kappa shape index (κ1) is 60.9. The number of fused-ring (bicyclic) bond motifs is 5. The Morgan fingerprint density at radius 1 is 0.404 bits per heavy atom. The van der Waals surface area contributed by atoms with Gasteiger partial charge in [0.25, 0.3) is 0 Å². The van der Waals surface area contributed by atoms with Crippen molar-refractivity contribution in [2.75, 3.05) is 14.7 Å². The molecule has 2 spiro atoms. The summed E-state index contributed by atoms with van der Waals surface area (Å²) < 4.78 is 6.86. The smallest absolute Gasteiger partial charge is 0.218 e.